The van der Waals surface area contributed by atoms with E-state index in [2.05, 4.69) is 20.8 Å². The number of carbonyl (C=O) groups is 2. The molecule has 0 aliphatic carbocycles. The van der Waals surface area contributed by atoms with Crippen LogP contribution in [0.3, 0.4) is 0 Å². The summed E-state index contributed by atoms with van der Waals surface area (Å²) in [7, 11) is 0. The van der Waals surface area contributed by atoms with Gasteiger partial charge in [-0.2, -0.15) is 0 Å². The molecule has 0 radical (unpaired) electrons. The number of hydrogen-bond acceptors (Lipinski definition) is 4. The molecule has 0 saturated heterocycles. The normalized spacial score (nSPS) is 12.2. The maximum Gasteiger partial charge on any atom is 0.306 e. The van der Waals surface area contributed by atoms with Crippen molar-refractivity contribution in [3.8, 4) is 0 Å². The van der Waals surface area contributed by atoms with Crippen LogP contribution in [0.5, 0.6) is 0 Å². The number of unbranched alkanes of at least 4 members (excludes halogenated alkanes) is 2. The zero-order valence-corrected chi connectivity index (χ0v) is 13.4. The molecule has 0 aromatic carbocycles. The summed E-state index contributed by atoms with van der Waals surface area (Å²) in [6, 6.07) is 0. The van der Waals surface area contributed by atoms with Gasteiger partial charge in [-0.05, 0) is 32.1 Å². The molecular formula is C16H30O4. The lowest BCUT2D eigenvalue weighted by molar-refractivity contribution is -0.149. The van der Waals surface area contributed by atoms with E-state index in [4.69, 9.17) is 9.47 Å². The highest BCUT2D eigenvalue weighted by Crippen LogP contribution is 2.09. The maximum atomic E-state index is 11.5. The maximum absolute atomic E-state index is 11.5. The minimum Gasteiger partial charge on any atom is -0.466 e. The van der Waals surface area contributed by atoms with Gasteiger partial charge in [0.25, 0.3) is 0 Å². The Morgan fingerprint density at radius 3 is 2.20 bits per heavy atom. The second kappa shape index (κ2) is 11.7. The van der Waals surface area contributed by atoms with Gasteiger partial charge < -0.3 is 9.47 Å². The molecule has 1 unspecified atom stereocenters. The molecule has 0 aromatic heterocycles. The number of ether oxygens (including phenoxy) is 2. The van der Waals surface area contributed by atoms with E-state index in [1.807, 2.05) is 6.92 Å². The fourth-order valence-corrected chi connectivity index (χ4v) is 1.98. The number of hydrogen-bond donors (Lipinski definition) is 0. The van der Waals surface area contributed by atoms with Crippen molar-refractivity contribution in [3.63, 3.8) is 0 Å². The van der Waals surface area contributed by atoms with E-state index in [1.165, 1.54) is 0 Å². The third-order valence-electron chi connectivity index (χ3n) is 2.91. The minimum atomic E-state index is -0.225. The van der Waals surface area contributed by atoms with Crippen molar-refractivity contribution in [2.45, 2.75) is 78.7 Å². The molecule has 0 N–H and O–H groups in total. The van der Waals surface area contributed by atoms with Crippen molar-refractivity contribution in [1.82, 2.24) is 0 Å². The Morgan fingerprint density at radius 2 is 1.60 bits per heavy atom. The van der Waals surface area contributed by atoms with E-state index in [1.54, 1.807) is 0 Å². The van der Waals surface area contributed by atoms with Gasteiger partial charge in [0, 0.05) is 12.8 Å². The number of carbonyl (C=O) groups excluding carboxylic acids is 2. The molecule has 0 aliphatic rings. The van der Waals surface area contributed by atoms with Gasteiger partial charge >= 0.3 is 11.9 Å². The molecule has 118 valence electrons. The lowest BCUT2D eigenvalue weighted by Crippen LogP contribution is -2.17. The summed E-state index contributed by atoms with van der Waals surface area (Å²) < 4.78 is 10.3. The molecule has 0 aliphatic heterocycles. The second-order valence-electron chi connectivity index (χ2n) is 5.71. The SMILES string of the molecule is CCCCCOC(=O)CCCC(=O)OC(C)CC(C)C. The van der Waals surface area contributed by atoms with E-state index in [9.17, 15) is 9.59 Å². The van der Waals surface area contributed by atoms with E-state index >= 15 is 0 Å². The lowest BCUT2D eigenvalue weighted by Gasteiger charge is -2.15. The highest BCUT2D eigenvalue weighted by atomic mass is 16.5. The van der Waals surface area contributed by atoms with Crippen molar-refractivity contribution in [2.75, 3.05) is 6.61 Å². The van der Waals surface area contributed by atoms with Crippen LogP contribution in [0.4, 0.5) is 0 Å². The summed E-state index contributed by atoms with van der Waals surface area (Å²) in [6.45, 7) is 8.69. The average Bonchev–Trinajstić information content (AvgIpc) is 2.33. The van der Waals surface area contributed by atoms with Crippen LogP contribution in [0.15, 0.2) is 0 Å². The Bertz CT molecular complexity index is 274. The van der Waals surface area contributed by atoms with Crippen LogP contribution in [0, 0.1) is 5.92 Å². The monoisotopic (exact) mass is 286 g/mol. The van der Waals surface area contributed by atoms with Crippen LogP contribution in [0.25, 0.3) is 0 Å². The zero-order valence-electron chi connectivity index (χ0n) is 13.4. The third-order valence-corrected chi connectivity index (χ3v) is 2.91. The van der Waals surface area contributed by atoms with Gasteiger partial charge in [-0.15, -0.1) is 0 Å². The molecule has 0 aromatic rings. The molecule has 0 saturated carbocycles. The first-order valence-electron chi connectivity index (χ1n) is 7.80. The van der Waals surface area contributed by atoms with E-state index in [0.29, 0.717) is 25.4 Å². The Kier molecular flexibility index (Phi) is 11.1. The highest BCUT2D eigenvalue weighted by molar-refractivity contribution is 5.72. The summed E-state index contributed by atoms with van der Waals surface area (Å²) in [6.07, 6.45) is 4.99. The molecule has 0 bridgehead atoms. The first-order valence-corrected chi connectivity index (χ1v) is 7.80. The highest BCUT2D eigenvalue weighted by Gasteiger charge is 2.12. The molecular weight excluding hydrogens is 256 g/mol. The van der Waals surface area contributed by atoms with Crippen LogP contribution in [0.2, 0.25) is 0 Å². The van der Waals surface area contributed by atoms with Crippen molar-refractivity contribution in [2.24, 2.45) is 5.92 Å². The quantitative estimate of drug-likeness (QED) is 0.427. The summed E-state index contributed by atoms with van der Waals surface area (Å²) in [5, 5.41) is 0. The summed E-state index contributed by atoms with van der Waals surface area (Å²) in [5.41, 5.74) is 0. The van der Waals surface area contributed by atoms with Crippen LogP contribution in [-0.4, -0.2) is 24.6 Å². The van der Waals surface area contributed by atoms with Gasteiger partial charge in [0.05, 0.1) is 12.7 Å². The van der Waals surface area contributed by atoms with Gasteiger partial charge in [0.1, 0.15) is 0 Å². The van der Waals surface area contributed by atoms with E-state index in [0.717, 1.165) is 25.7 Å². The minimum absolute atomic E-state index is 0.0523. The van der Waals surface area contributed by atoms with E-state index < -0.39 is 0 Å². The molecule has 0 heterocycles. The summed E-state index contributed by atoms with van der Waals surface area (Å²) in [4.78, 5) is 22.9. The van der Waals surface area contributed by atoms with Crippen LogP contribution in [-0.2, 0) is 19.1 Å². The van der Waals surface area contributed by atoms with Crippen molar-refractivity contribution >= 4 is 11.9 Å². The lowest BCUT2D eigenvalue weighted by atomic mass is 10.1. The van der Waals surface area contributed by atoms with Gasteiger partial charge in [0.15, 0.2) is 0 Å². The largest absolute Gasteiger partial charge is 0.466 e. The Balaban J connectivity index is 3.57. The fourth-order valence-electron chi connectivity index (χ4n) is 1.98. The zero-order chi connectivity index (χ0) is 15.4. The van der Waals surface area contributed by atoms with Gasteiger partial charge in [-0.25, -0.2) is 0 Å². The summed E-state index contributed by atoms with van der Waals surface area (Å²) in [5.74, 6) is 0.0666. The number of rotatable bonds is 11. The predicted octanol–water partition coefficient (Wildman–Crippen LogP) is 3.87. The van der Waals surface area contributed by atoms with Crippen molar-refractivity contribution in [3.05, 3.63) is 0 Å². The smallest absolute Gasteiger partial charge is 0.306 e. The van der Waals surface area contributed by atoms with Crippen molar-refractivity contribution < 1.29 is 19.1 Å². The first-order chi connectivity index (χ1) is 9.45. The molecule has 20 heavy (non-hydrogen) atoms. The fraction of sp³-hybridized carbons (Fsp3) is 0.875. The average molecular weight is 286 g/mol. The predicted molar refractivity (Wildman–Crippen MR) is 79.3 cm³/mol. The molecule has 0 spiro atoms. The standard InChI is InChI=1S/C16H30O4/c1-5-6-7-11-19-15(17)9-8-10-16(18)20-14(4)12-13(2)3/h13-14H,5-12H2,1-4H3. The van der Waals surface area contributed by atoms with Gasteiger partial charge in [-0.3, -0.25) is 9.59 Å². The van der Waals surface area contributed by atoms with Gasteiger partial charge in [-0.1, -0.05) is 33.6 Å². The second-order valence-corrected chi connectivity index (χ2v) is 5.71. The Labute approximate surface area is 123 Å². The van der Waals surface area contributed by atoms with Crippen LogP contribution in [0.1, 0.15) is 72.6 Å². The first kappa shape index (κ1) is 18.9. The Hall–Kier alpha value is -1.06. The topological polar surface area (TPSA) is 52.6 Å². The Morgan fingerprint density at radius 1 is 0.950 bits per heavy atom. The molecule has 1 atom stereocenters. The molecule has 4 heteroatoms. The van der Waals surface area contributed by atoms with Crippen LogP contribution >= 0.6 is 0 Å². The molecule has 0 amide bonds. The van der Waals surface area contributed by atoms with E-state index in [-0.39, 0.29) is 24.5 Å². The number of esters is 2. The molecule has 0 rings (SSSR count). The van der Waals surface area contributed by atoms with Crippen LogP contribution < -0.4 is 0 Å². The molecule has 4 nitrogen and oxygen atoms in total. The summed E-state index contributed by atoms with van der Waals surface area (Å²) >= 11 is 0. The third kappa shape index (κ3) is 12.0. The van der Waals surface area contributed by atoms with Crippen molar-refractivity contribution in [1.29, 1.82) is 0 Å². The van der Waals surface area contributed by atoms with Gasteiger partial charge in [0.2, 0.25) is 0 Å². The molecule has 0 fully saturated rings.